The highest BCUT2D eigenvalue weighted by molar-refractivity contribution is 5.35. The number of alkyl halides is 3. The maximum absolute atomic E-state index is 12.9. The van der Waals surface area contributed by atoms with Gasteiger partial charge in [-0.25, -0.2) is 0 Å². The van der Waals surface area contributed by atoms with Gasteiger partial charge in [-0.05, 0) is 12.1 Å². The van der Waals surface area contributed by atoms with Crippen LogP contribution in [0.4, 0.5) is 13.2 Å². The summed E-state index contributed by atoms with van der Waals surface area (Å²) in [5, 5.41) is 44.5. The summed E-state index contributed by atoms with van der Waals surface area (Å²) in [4.78, 5) is 0. The summed E-state index contributed by atoms with van der Waals surface area (Å²) in [7, 11) is 0. The van der Waals surface area contributed by atoms with Gasteiger partial charge in [-0.1, -0.05) is 12.1 Å². The molecule has 2 aliphatic rings. The number of benzene rings is 1. The SMILES string of the molecule is OC[C@H]1O[C@H](Oc2ccc(C3(C(F)(F)F)N=N3)cc2)[C@H](O)[C@@H](O)[C@H]1O. The summed E-state index contributed by atoms with van der Waals surface area (Å²) in [5.41, 5.74) is -2.74. The molecule has 11 heteroatoms. The van der Waals surface area contributed by atoms with Gasteiger partial charge in [0.1, 0.15) is 30.2 Å². The molecule has 3 rings (SSSR count). The molecule has 5 atom stereocenters. The van der Waals surface area contributed by atoms with Crippen molar-refractivity contribution >= 4 is 0 Å². The minimum absolute atomic E-state index is 0.0473. The summed E-state index contributed by atoms with van der Waals surface area (Å²) >= 11 is 0. The molecule has 2 heterocycles. The van der Waals surface area contributed by atoms with E-state index in [0.29, 0.717) is 0 Å². The number of halogens is 3. The number of aliphatic hydroxyl groups is 4. The summed E-state index contributed by atoms with van der Waals surface area (Å²) in [5.74, 6) is 0.0473. The molecule has 0 aromatic heterocycles. The van der Waals surface area contributed by atoms with Crippen LogP contribution < -0.4 is 4.74 Å². The fourth-order valence-corrected chi connectivity index (χ4v) is 2.51. The summed E-state index contributed by atoms with van der Waals surface area (Å²) < 4.78 is 49.2. The van der Waals surface area contributed by atoms with Gasteiger partial charge in [0.15, 0.2) is 0 Å². The first-order valence-electron chi connectivity index (χ1n) is 7.28. The summed E-state index contributed by atoms with van der Waals surface area (Å²) in [6, 6.07) is 4.64. The molecule has 1 fully saturated rings. The van der Waals surface area contributed by atoms with Gasteiger partial charge < -0.3 is 29.9 Å². The zero-order chi connectivity index (χ0) is 18.4. The van der Waals surface area contributed by atoms with E-state index in [1.807, 2.05) is 0 Å². The van der Waals surface area contributed by atoms with E-state index in [-0.39, 0.29) is 11.3 Å². The Morgan fingerprint density at radius 3 is 2.12 bits per heavy atom. The zero-order valence-electron chi connectivity index (χ0n) is 12.5. The molecule has 8 nitrogen and oxygen atoms in total. The molecule has 0 spiro atoms. The Kier molecular flexibility index (Phi) is 4.45. The molecule has 0 saturated carbocycles. The van der Waals surface area contributed by atoms with Gasteiger partial charge in [-0.15, -0.1) is 10.2 Å². The average Bonchev–Trinajstić information content (AvgIpc) is 3.38. The molecule has 0 radical (unpaired) electrons. The minimum Gasteiger partial charge on any atom is -0.462 e. The Balaban J connectivity index is 1.72. The topological polar surface area (TPSA) is 124 Å². The average molecular weight is 364 g/mol. The number of hydrogen-bond acceptors (Lipinski definition) is 8. The van der Waals surface area contributed by atoms with Gasteiger partial charge in [0, 0.05) is 5.56 Å². The van der Waals surface area contributed by atoms with Crippen molar-refractivity contribution in [3.05, 3.63) is 29.8 Å². The second-order valence-electron chi connectivity index (χ2n) is 5.71. The molecule has 1 saturated heterocycles. The lowest BCUT2D eigenvalue weighted by atomic mass is 9.99. The molecule has 0 bridgehead atoms. The number of ether oxygens (including phenoxy) is 2. The van der Waals surface area contributed by atoms with E-state index >= 15 is 0 Å². The molecule has 1 aromatic carbocycles. The van der Waals surface area contributed by atoms with Crippen molar-refractivity contribution in [1.29, 1.82) is 0 Å². The Morgan fingerprint density at radius 1 is 1.04 bits per heavy atom. The van der Waals surface area contributed by atoms with Crippen LogP contribution in [-0.4, -0.2) is 63.9 Å². The van der Waals surface area contributed by atoms with E-state index in [9.17, 15) is 28.5 Å². The second-order valence-corrected chi connectivity index (χ2v) is 5.71. The molecule has 1 aromatic rings. The summed E-state index contributed by atoms with van der Waals surface area (Å²) in [6.45, 7) is -0.624. The molecular formula is C14H15F3N2O6. The van der Waals surface area contributed by atoms with Crippen LogP contribution >= 0.6 is 0 Å². The summed E-state index contributed by atoms with van der Waals surface area (Å²) in [6.07, 6.45) is -12.0. The van der Waals surface area contributed by atoms with Gasteiger partial charge >= 0.3 is 11.8 Å². The van der Waals surface area contributed by atoms with Crippen LogP contribution in [0.25, 0.3) is 0 Å². The number of hydrogen-bond donors (Lipinski definition) is 4. The Hall–Kier alpha value is -1.79. The molecule has 0 unspecified atom stereocenters. The van der Waals surface area contributed by atoms with E-state index in [1.54, 1.807) is 0 Å². The second kappa shape index (κ2) is 6.18. The molecule has 25 heavy (non-hydrogen) atoms. The van der Waals surface area contributed by atoms with Crippen LogP contribution in [0.3, 0.4) is 0 Å². The van der Waals surface area contributed by atoms with Gasteiger partial charge in [0.05, 0.1) is 6.61 Å². The molecule has 0 amide bonds. The standard InChI is InChI=1S/C14H15F3N2O6/c15-14(16,17)13(18-19-13)6-1-3-7(4-2-6)24-12-11(23)10(22)9(21)8(5-20)25-12/h1-4,8-12,20-23H,5H2/t8-,9+,10+,11-,12+/m1/s1. The van der Waals surface area contributed by atoms with Crippen molar-refractivity contribution in [1.82, 2.24) is 0 Å². The van der Waals surface area contributed by atoms with Gasteiger partial charge in [-0.3, -0.25) is 0 Å². The monoisotopic (exact) mass is 364 g/mol. The van der Waals surface area contributed by atoms with Crippen LogP contribution in [-0.2, 0) is 10.4 Å². The predicted octanol–water partition coefficient (Wildman–Crippen LogP) is 0.0462. The molecule has 4 N–H and O–H groups in total. The van der Waals surface area contributed by atoms with E-state index < -0.39 is 49.2 Å². The maximum Gasteiger partial charge on any atom is 0.442 e. The van der Waals surface area contributed by atoms with Crippen molar-refractivity contribution in [2.24, 2.45) is 10.2 Å². The fourth-order valence-electron chi connectivity index (χ4n) is 2.51. The Bertz CT molecular complexity index is 645. The largest absolute Gasteiger partial charge is 0.462 e. The van der Waals surface area contributed by atoms with E-state index in [1.165, 1.54) is 12.1 Å². The van der Waals surface area contributed by atoms with Crippen LogP contribution in [0.5, 0.6) is 5.75 Å². The highest BCUT2D eigenvalue weighted by atomic mass is 19.4. The van der Waals surface area contributed by atoms with Crippen molar-refractivity contribution in [3.8, 4) is 5.75 Å². The van der Waals surface area contributed by atoms with E-state index in [0.717, 1.165) is 12.1 Å². The first-order valence-corrected chi connectivity index (χ1v) is 7.28. The van der Waals surface area contributed by atoms with E-state index in [4.69, 9.17) is 14.6 Å². The normalized spacial score (nSPS) is 34.0. The molecule has 138 valence electrons. The molecule has 0 aliphatic carbocycles. The van der Waals surface area contributed by atoms with Crippen molar-refractivity contribution in [3.63, 3.8) is 0 Å². The Labute approximate surface area is 139 Å². The number of nitrogens with zero attached hydrogens (tertiary/aromatic N) is 2. The van der Waals surface area contributed by atoms with Gasteiger partial charge in [0.25, 0.3) is 0 Å². The third-order valence-corrected chi connectivity index (χ3v) is 4.05. The predicted molar refractivity (Wildman–Crippen MR) is 73.4 cm³/mol. The highest BCUT2D eigenvalue weighted by Crippen LogP contribution is 2.52. The third kappa shape index (κ3) is 3.09. The third-order valence-electron chi connectivity index (χ3n) is 4.05. The van der Waals surface area contributed by atoms with Gasteiger partial charge in [-0.2, -0.15) is 13.2 Å². The zero-order valence-corrected chi connectivity index (χ0v) is 12.5. The van der Waals surface area contributed by atoms with E-state index in [2.05, 4.69) is 10.2 Å². The first kappa shape index (κ1) is 18.0. The number of aliphatic hydroxyl groups excluding tert-OH is 4. The van der Waals surface area contributed by atoms with Crippen molar-refractivity contribution < 1.29 is 43.1 Å². The smallest absolute Gasteiger partial charge is 0.442 e. The maximum atomic E-state index is 12.9. The van der Waals surface area contributed by atoms with Crippen LogP contribution in [0.2, 0.25) is 0 Å². The minimum atomic E-state index is -4.65. The first-order chi connectivity index (χ1) is 11.7. The van der Waals surface area contributed by atoms with Gasteiger partial charge in [0.2, 0.25) is 6.29 Å². The van der Waals surface area contributed by atoms with Crippen LogP contribution in [0.15, 0.2) is 34.5 Å². The lowest BCUT2D eigenvalue weighted by Gasteiger charge is -2.39. The van der Waals surface area contributed by atoms with Crippen molar-refractivity contribution in [2.75, 3.05) is 6.61 Å². The lowest BCUT2D eigenvalue weighted by molar-refractivity contribution is -0.277. The molecule has 2 aliphatic heterocycles. The van der Waals surface area contributed by atoms with Crippen LogP contribution in [0.1, 0.15) is 5.56 Å². The number of rotatable bonds is 4. The lowest BCUT2D eigenvalue weighted by Crippen LogP contribution is -2.60. The van der Waals surface area contributed by atoms with Crippen molar-refractivity contribution in [2.45, 2.75) is 42.5 Å². The van der Waals surface area contributed by atoms with Crippen LogP contribution in [0, 0.1) is 0 Å². The Morgan fingerprint density at radius 2 is 1.64 bits per heavy atom. The molecular weight excluding hydrogens is 349 g/mol. The fraction of sp³-hybridized carbons (Fsp3) is 0.571. The quantitative estimate of drug-likeness (QED) is 0.598. The highest BCUT2D eigenvalue weighted by Gasteiger charge is 2.65.